The summed E-state index contributed by atoms with van der Waals surface area (Å²) in [4.78, 5) is 27.1. The molecule has 1 atom stereocenters. The molecule has 5 heterocycles. The highest BCUT2D eigenvalue weighted by Gasteiger charge is 2.30. The van der Waals surface area contributed by atoms with Crippen molar-refractivity contribution in [1.82, 2.24) is 34.3 Å². The Balaban J connectivity index is 1.18. The van der Waals surface area contributed by atoms with E-state index in [1.807, 2.05) is 23.2 Å². The number of nitrogen functional groups attached to an aromatic ring is 1. The fourth-order valence-electron chi connectivity index (χ4n) is 5.13. The Morgan fingerprint density at radius 1 is 1.07 bits per heavy atom. The summed E-state index contributed by atoms with van der Waals surface area (Å²) >= 11 is 0. The van der Waals surface area contributed by atoms with Crippen LogP contribution < -0.4 is 15.4 Å². The average Bonchev–Trinajstić information content (AvgIpc) is 3.76. The highest BCUT2D eigenvalue weighted by Crippen LogP contribution is 2.27. The molecule has 4 aromatic heterocycles. The highest BCUT2D eigenvalue weighted by atomic mass is 16.5. The van der Waals surface area contributed by atoms with Gasteiger partial charge in [-0.05, 0) is 42.8 Å². The van der Waals surface area contributed by atoms with Crippen molar-refractivity contribution in [2.24, 2.45) is 0 Å². The number of methoxy groups -OCH3 is 1. The summed E-state index contributed by atoms with van der Waals surface area (Å²) in [6, 6.07) is 11.1. The third-order valence-corrected chi connectivity index (χ3v) is 7.26. The molecule has 0 aliphatic carbocycles. The summed E-state index contributed by atoms with van der Waals surface area (Å²) in [5.74, 6) is 1.94. The molecule has 214 valence electrons. The minimum atomic E-state index is -0.460. The van der Waals surface area contributed by atoms with Crippen molar-refractivity contribution in [3.05, 3.63) is 48.9 Å². The molecule has 0 bridgehead atoms. The van der Waals surface area contributed by atoms with E-state index in [4.69, 9.17) is 19.6 Å². The van der Waals surface area contributed by atoms with Crippen molar-refractivity contribution in [3.63, 3.8) is 0 Å². The Labute approximate surface area is 236 Å². The molecular formula is C28H33N9O4. The van der Waals surface area contributed by atoms with Crippen LogP contribution in [0.3, 0.4) is 0 Å². The topological polar surface area (TPSA) is 142 Å². The number of hydrogen-bond donors (Lipinski definition) is 1. The van der Waals surface area contributed by atoms with E-state index in [0.717, 1.165) is 30.9 Å². The van der Waals surface area contributed by atoms with Gasteiger partial charge in [0.25, 0.3) is 0 Å². The maximum atomic E-state index is 13.8. The van der Waals surface area contributed by atoms with Crippen LogP contribution in [0.4, 0.5) is 11.6 Å². The lowest BCUT2D eigenvalue weighted by Gasteiger charge is -2.37. The first-order valence-corrected chi connectivity index (χ1v) is 13.8. The third kappa shape index (κ3) is 5.27. The SMILES string of the molecule is CCC[C@H](C(=O)N1CCN(c2ccc(OCCOC)cc2)CC1)n1cc2c(nc(N)n3nc(-c4ccco4)nc23)n1. The number of benzene rings is 1. The van der Waals surface area contributed by atoms with Gasteiger partial charge in [-0.1, -0.05) is 13.3 Å². The molecule has 1 aliphatic heterocycles. The Kier molecular flexibility index (Phi) is 7.42. The number of anilines is 2. The van der Waals surface area contributed by atoms with Gasteiger partial charge in [-0.3, -0.25) is 9.48 Å². The first-order valence-electron chi connectivity index (χ1n) is 13.8. The molecule has 1 saturated heterocycles. The van der Waals surface area contributed by atoms with Gasteiger partial charge in [0.15, 0.2) is 17.1 Å². The molecule has 0 spiro atoms. The molecule has 1 amide bonds. The fraction of sp³-hybridized carbons (Fsp3) is 0.393. The lowest BCUT2D eigenvalue weighted by Crippen LogP contribution is -2.50. The zero-order chi connectivity index (χ0) is 28.3. The number of amides is 1. The molecule has 2 N–H and O–H groups in total. The van der Waals surface area contributed by atoms with Crippen molar-refractivity contribution < 1.29 is 18.7 Å². The molecule has 0 radical (unpaired) electrons. The van der Waals surface area contributed by atoms with Crippen LogP contribution in [0.2, 0.25) is 0 Å². The molecule has 0 saturated carbocycles. The summed E-state index contributed by atoms with van der Waals surface area (Å²) in [5.41, 5.74) is 8.22. The molecule has 1 fully saturated rings. The van der Waals surface area contributed by atoms with Crippen molar-refractivity contribution >= 4 is 34.2 Å². The third-order valence-electron chi connectivity index (χ3n) is 7.26. The van der Waals surface area contributed by atoms with E-state index in [0.29, 0.717) is 61.0 Å². The molecular weight excluding hydrogens is 526 g/mol. The predicted molar refractivity (Wildman–Crippen MR) is 153 cm³/mol. The van der Waals surface area contributed by atoms with Gasteiger partial charge in [0, 0.05) is 45.2 Å². The monoisotopic (exact) mass is 559 g/mol. The van der Waals surface area contributed by atoms with Crippen LogP contribution in [-0.2, 0) is 9.53 Å². The number of carbonyl (C=O) groups is 1. The van der Waals surface area contributed by atoms with Gasteiger partial charge >= 0.3 is 0 Å². The van der Waals surface area contributed by atoms with Crippen LogP contribution in [0.1, 0.15) is 25.8 Å². The van der Waals surface area contributed by atoms with E-state index < -0.39 is 6.04 Å². The lowest BCUT2D eigenvalue weighted by atomic mass is 10.1. The fourth-order valence-corrected chi connectivity index (χ4v) is 5.13. The standard InChI is InChI=1S/C28H33N9O4/c1-3-5-22(27(38)35-13-11-34(12-14-35)19-7-9-20(10-8-19)40-17-16-39-2)36-18-21-24(32-36)31-28(29)37-26(21)30-25(33-37)23-6-4-15-41-23/h4,6-10,15,18,22H,3,5,11-14,16-17H2,1-2H3,(H2,29,31,32)/t22-/m1/s1. The van der Waals surface area contributed by atoms with E-state index in [1.165, 1.54) is 4.52 Å². The average molecular weight is 560 g/mol. The number of carbonyl (C=O) groups excluding carboxylic acids is 1. The Bertz CT molecular complexity index is 1620. The molecule has 13 heteroatoms. The van der Waals surface area contributed by atoms with Gasteiger partial charge in [0.1, 0.15) is 18.4 Å². The maximum Gasteiger partial charge on any atom is 0.247 e. The summed E-state index contributed by atoms with van der Waals surface area (Å²) in [7, 11) is 1.65. The first kappa shape index (κ1) is 26.6. The van der Waals surface area contributed by atoms with Crippen molar-refractivity contribution in [3.8, 4) is 17.3 Å². The Morgan fingerprint density at radius 2 is 1.88 bits per heavy atom. The van der Waals surface area contributed by atoms with Crippen LogP contribution in [-0.4, -0.2) is 86.7 Å². The zero-order valence-corrected chi connectivity index (χ0v) is 23.1. The van der Waals surface area contributed by atoms with Crippen LogP contribution >= 0.6 is 0 Å². The number of furan rings is 1. The number of aromatic nitrogens is 6. The smallest absolute Gasteiger partial charge is 0.247 e. The van der Waals surface area contributed by atoms with Crippen molar-refractivity contribution in [2.75, 3.05) is 57.1 Å². The van der Waals surface area contributed by atoms with Gasteiger partial charge in [0.05, 0.1) is 18.3 Å². The summed E-state index contributed by atoms with van der Waals surface area (Å²) in [6.07, 6.45) is 4.85. The van der Waals surface area contributed by atoms with Crippen LogP contribution in [0.15, 0.2) is 53.3 Å². The van der Waals surface area contributed by atoms with E-state index in [1.54, 1.807) is 30.2 Å². The normalized spacial score (nSPS) is 14.7. The number of piperazine rings is 1. The van der Waals surface area contributed by atoms with E-state index in [9.17, 15) is 4.79 Å². The van der Waals surface area contributed by atoms with Gasteiger partial charge in [0.2, 0.25) is 17.7 Å². The molecule has 1 aliphatic rings. The molecule has 6 rings (SSSR count). The van der Waals surface area contributed by atoms with Gasteiger partial charge in [-0.15, -0.1) is 5.10 Å². The van der Waals surface area contributed by atoms with Crippen LogP contribution in [0.25, 0.3) is 28.3 Å². The number of nitrogens with zero attached hydrogens (tertiary/aromatic N) is 8. The van der Waals surface area contributed by atoms with E-state index >= 15 is 0 Å². The number of fused-ring (bicyclic) bond motifs is 3. The van der Waals surface area contributed by atoms with Crippen LogP contribution in [0.5, 0.6) is 5.75 Å². The summed E-state index contributed by atoms with van der Waals surface area (Å²) in [6.45, 7) is 5.85. The van der Waals surface area contributed by atoms with E-state index in [2.05, 4.69) is 44.1 Å². The number of ether oxygens (including phenoxy) is 2. The number of rotatable bonds is 10. The molecule has 1 aromatic carbocycles. The molecule has 5 aromatic rings. The molecule has 41 heavy (non-hydrogen) atoms. The zero-order valence-electron chi connectivity index (χ0n) is 23.1. The number of nitrogens with two attached hydrogens (primary N) is 1. The lowest BCUT2D eigenvalue weighted by molar-refractivity contribution is -0.135. The highest BCUT2D eigenvalue weighted by molar-refractivity contribution is 5.90. The van der Waals surface area contributed by atoms with Gasteiger partial charge in [-0.2, -0.15) is 14.6 Å². The number of hydrogen-bond acceptors (Lipinski definition) is 10. The summed E-state index contributed by atoms with van der Waals surface area (Å²) in [5, 5.41) is 9.79. The van der Waals surface area contributed by atoms with Gasteiger partial charge < -0.3 is 29.4 Å². The second-order valence-corrected chi connectivity index (χ2v) is 9.92. The Hall–Kier alpha value is -4.65. The Morgan fingerprint density at radius 3 is 2.59 bits per heavy atom. The molecule has 13 nitrogen and oxygen atoms in total. The minimum absolute atomic E-state index is 0.0444. The van der Waals surface area contributed by atoms with E-state index in [-0.39, 0.29) is 11.9 Å². The largest absolute Gasteiger partial charge is 0.491 e. The second-order valence-electron chi connectivity index (χ2n) is 9.92. The quantitative estimate of drug-likeness (QED) is 0.254. The molecule has 0 unspecified atom stereocenters. The second kappa shape index (κ2) is 11.5. The maximum absolute atomic E-state index is 13.8. The van der Waals surface area contributed by atoms with Crippen LogP contribution in [0, 0.1) is 0 Å². The van der Waals surface area contributed by atoms with Gasteiger partial charge in [-0.25, -0.2) is 4.98 Å². The predicted octanol–water partition coefficient (Wildman–Crippen LogP) is 3.03. The summed E-state index contributed by atoms with van der Waals surface area (Å²) < 4.78 is 19.3. The van der Waals surface area contributed by atoms with Crippen molar-refractivity contribution in [2.45, 2.75) is 25.8 Å². The minimum Gasteiger partial charge on any atom is -0.491 e. The van der Waals surface area contributed by atoms with Crippen molar-refractivity contribution in [1.29, 1.82) is 0 Å². The first-order chi connectivity index (χ1) is 20.1.